The van der Waals surface area contributed by atoms with Gasteiger partial charge in [0, 0.05) is 17.0 Å². The number of nitrogens with one attached hydrogen (secondary N) is 1. The Labute approximate surface area is 98.2 Å². The average molecular weight is 231 g/mol. The standard InChI is InChI=1S/C13H13NO3/c15-13(16)11-7-8-3-1-4-9(12(8)17-11)10-5-2-6-14-10/h1,3-4,7,10,14H,2,5-6H2,(H,15,16). The molecule has 2 heterocycles. The lowest BCUT2D eigenvalue weighted by molar-refractivity contribution is 0.0665. The molecule has 1 aliphatic heterocycles. The van der Waals surface area contributed by atoms with Crippen LogP contribution in [0.2, 0.25) is 0 Å². The van der Waals surface area contributed by atoms with Gasteiger partial charge in [-0.25, -0.2) is 4.79 Å². The van der Waals surface area contributed by atoms with Crippen molar-refractivity contribution in [3.63, 3.8) is 0 Å². The highest BCUT2D eigenvalue weighted by atomic mass is 16.4. The smallest absolute Gasteiger partial charge is 0.371 e. The van der Waals surface area contributed by atoms with Crippen molar-refractivity contribution < 1.29 is 14.3 Å². The molecule has 88 valence electrons. The molecule has 0 bridgehead atoms. The van der Waals surface area contributed by atoms with Gasteiger partial charge in [-0.05, 0) is 25.5 Å². The largest absolute Gasteiger partial charge is 0.475 e. The highest BCUT2D eigenvalue weighted by Crippen LogP contribution is 2.31. The molecule has 3 rings (SSSR count). The zero-order chi connectivity index (χ0) is 11.8. The Morgan fingerprint density at radius 3 is 3.06 bits per heavy atom. The highest BCUT2D eigenvalue weighted by molar-refractivity contribution is 5.92. The summed E-state index contributed by atoms with van der Waals surface area (Å²) in [6, 6.07) is 7.69. The molecule has 1 atom stereocenters. The number of aromatic carboxylic acids is 1. The number of hydrogen-bond acceptors (Lipinski definition) is 3. The number of rotatable bonds is 2. The first-order chi connectivity index (χ1) is 8.25. The number of carboxylic acids is 1. The minimum absolute atomic E-state index is 0.00504. The number of para-hydroxylation sites is 1. The molecule has 0 amide bonds. The maximum absolute atomic E-state index is 10.9. The lowest BCUT2D eigenvalue weighted by Gasteiger charge is -2.10. The molecule has 0 spiro atoms. The molecular weight excluding hydrogens is 218 g/mol. The van der Waals surface area contributed by atoms with Crippen LogP contribution in [0.25, 0.3) is 11.0 Å². The van der Waals surface area contributed by atoms with Gasteiger partial charge < -0.3 is 14.8 Å². The molecule has 1 fully saturated rings. The van der Waals surface area contributed by atoms with Gasteiger partial charge in [-0.2, -0.15) is 0 Å². The summed E-state index contributed by atoms with van der Waals surface area (Å²) >= 11 is 0. The zero-order valence-corrected chi connectivity index (χ0v) is 9.27. The van der Waals surface area contributed by atoms with Gasteiger partial charge in [0.2, 0.25) is 5.76 Å². The summed E-state index contributed by atoms with van der Waals surface area (Å²) in [5.74, 6) is -1.02. The summed E-state index contributed by atoms with van der Waals surface area (Å²) in [7, 11) is 0. The molecule has 2 aromatic rings. The van der Waals surface area contributed by atoms with Crippen molar-refractivity contribution in [2.24, 2.45) is 0 Å². The first kappa shape index (κ1) is 10.4. The first-order valence-corrected chi connectivity index (χ1v) is 5.75. The second kappa shape index (κ2) is 3.89. The lowest BCUT2D eigenvalue weighted by Crippen LogP contribution is -2.12. The third kappa shape index (κ3) is 1.70. The van der Waals surface area contributed by atoms with Gasteiger partial charge in [-0.15, -0.1) is 0 Å². The minimum atomic E-state index is -1.02. The van der Waals surface area contributed by atoms with Crippen LogP contribution in [0, 0.1) is 0 Å². The molecule has 2 N–H and O–H groups in total. The molecule has 0 aliphatic carbocycles. The van der Waals surface area contributed by atoms with Gasteiger partial charge in [0.25, 0.3) is 0 Å². The van der Waals surface area contributed by atoms with E-state index in [4.69, 9.17) is 9.52 Å². The van der Waals surface area contributed by atoms with E-state index in [0.717, 1.165) is 30.3 Å². The van der Waals surface area contributed by atoms with E-state index in [-0.39, 0.29) is 11.8 Å². The van der Waals surface area contributed by atoms with Gasteiger partial charge >= 0.3 is 5.97 Å². The fourth-order valence-electron chi connectivity index (χ4n) is 2.42. The number of carbonyl (C=O) groups is 1. The fourth-order valence-corrected chi connectivity index (χ4v) is 2.42. The number of fused-ring (bicyclic) bond motifs is 1. The Balaban J connectivity index is 2.14. The third-order valence-corrected chi connectivity index (χ3v) is 3.22. The second-order valence-electron chi connectivity index (χ2n) is 4.33. The van der Waals surface area contributed by atoms with Crippen molar-refractivity contribution >= 4 is 16.9 Å². The topological polar surface area (TPSA) is 62.5 Å². The van der Waals surface area contributed by atoms with Crippen LogP contribution < -0.4 is 5.32 Å². The van der Waals surface area contributed by atoms with E-state index in [9.17, 15) is 4.79 Å². The molecule has 1 aromatic carbocycles. The summed E-state index contributed by atoms with van der Waals surface area (Å²) in [6.07, 6.45) is 2.22. The third-order valence-electron chi connectivity index (χ3n) is 3.22. The minimum Gasteiger partial charge on any atom is -0.475 e. The monoisotopic (exact) mass is 231 g/mol. The average Bonchev–Trinajstić information content (AvgIpc) is 2.97. The quantitative estimate of drug-likeness (QED) is 0.833. The maximum Gasteiger partial charge on any atom is 0.371 e. The Morgan fingerprint density at radius 2 is 2.35 bits per heavy atom. The van der Waals surface area contributed by atoms with Crippen LogP contribution in [-0.2, 0) is 0 Å². The van der Waals surface area contributed by atoms with Crippen molar-refractivity contribution in [2.75, 3.05) is 6.54 Å². The molecule has 1 saturated heterocycles. The number of carboxylic acid groups (broad SMARTS) is 1. The molecule has 4 heteroatoms. The van der Waals surface area contributed by atoms with Crippen LogP contribution in [0.5, 0.6) is 0 Å². The number of furan rings is 1. The Hall–Kier alpha value is -1.81. The summed E-state index contributed by atoms with van der Waals surface area (Å²) in [4.78, 5) is 10.9. The normalized spacial score (nSPS) is 19.9. The molecule has 1 aromatic heterocycles. The summed E-state index contributed by atoms with van der Waals surface area (Å²) in [6.45, 7) is 1.01. The van der Waals surface area contributed by atoms with Crippen molar-refractivity contribution in [1.29, 1.82) is 0 Å². The second-order valence-corrected chi connectivity index (χ2v) is 4.33. The van der Waals surface area contributed by atoms with Crippen molar-refractivity contribution in [1.82, 2.24) is 5.32 Å². The Morgan fingerprint density at radius 1 is 1.47 bits per heavy atom. The van der Waals surface area contributed by atoms with Crippen LogP contribution in [0.4, 0.5) is 0 Å². The van der Waals surface area contributed by atoms with E-state index in [1.54, 1.807) is 6.07 Å². The van der Waals surface area contributed by atoms with Crippen LogP contribution >= 0.6 is 0 Å². The van der Waals surface area contributed by atoms with Crippen LogP contribution in [0.1, 0.15) is 35.0 Å². The van der Waals surface area contributed by atoms with E-state index in [0.29, 0.717) is 5.58 Å². The SMILES string of the molecule is O=C(O)c1cc2cccc(C3CCCN3)c2o1. The van der Waals surface area contributed by atoms with Crippen molar-refractivity contribution in [3.05, 3.63) is 35.6 Å². The zero-order valence-electron chi connectivity index (χ0n) is 9.27. The molecule has 0 radical (unpaired) electrons. The van der Waals surface area contributed by atoms with Gasteiger partial charge in [-0.3, -0.25) is 0 Å². The van der Waals surface area contributed by atoms with Gasteiger partial charge in [-0.1, -0.05) is 18.2 Å². The molecule has 1 unspecified atom stereocenters. The number of hydrogen-bond donors (Lipinski definition) is 2. The highest BCUT2D eigenvalue weighted by Gasteiger charge is 2.21. The van der Waals surface area contributed by atoms with Gasteiger partial charge in [0.1, 0.15) is 5.58 Å². The predicted molar refractivity (Wildman–Crippen MR) is 63.2 cm³/mol. The molecule has 1 aliphatic rings. The van der Waals surface area contributed by atoms with Crippen LogP contribution in [-0.4, -0.2) is 17.6 Å². The Bertz CT molecular complexity index is 567. The van der Waals surface area contributed by atoms with Gasteiger partial charge in [0.15, 0.2) is 0 Å². The van der Waals surface area contributed by atoms with Crippen molar-refractivity contribution in [2.45, 2.75) is 18.9 Å². The van der Waals surface area contributed by atoms with Gasteiger partial charge in [0.05, 0.1) is 0 Å². The number of benzene rings is 1. The first-order valence-electron chi connectivity index (χ1n) is 5.75. The maximum atomic E-state index is 10.9. The van der Waals surface area contributed by atoms with E-state index in [1.807, 2.05) is 18.2 Å². The van der Waals surface area contributed by atoms with E-state index in [2.05, 4.69) is 5.32 Å². The fraction of sp³-hybridized carbons (Fsp3) is 0.308. The Kier molecular flexibility index (Phi) is 2.37. The molecular formula is C13H13NO3. The summed E-state index contributed by atoms with van der Waals surface area (Å²) in [5.41, 5.74) is 1.76. The van der Waals surface area contributed by atoms with Crippen LogP contribution in [0.15, 0.2) is 28.7 Å². The predicted octanol–water partition coefficient (Wildman–Crippen LogP) is 2.56. The molecule has 4 nitrogen and oxygen atoms in total. The van der Waals surface area contributed by atoms with Crippen molar-refractivity contribution in [3.8, 4) is 0 Å². The van der Waals surface area contributed by atoms with Crippen LogP contribution in [0.3, 0.4) is 0 Å². The van der Waals surface area contributed by atoms with E-state index in [1.165, 1.54) is 0 Å². The molecule has 0 saturated carbocycles. The molecule has 17 heavy (non-hydrogen) atoms. The van der Waals surface area contributed by atoms with E-state index >= 15 is 0 Å². The van der Waals surface area contributed by atoms with E-state index < -0.39 is 5.97 Å². The lowest BCUT2D eigenvalue weighted by atomic mass is 10.0. The summed E-state index contributed by atoms with van der Waals surface area (Å²) in [5, 5.41) is 13.2. The summed E-state index contributed by atoms with van der Waals surface area (Å²) < 4.78 is 5.43.